The zero-order valence-corrected chi connectivity index (χ0v) is 24.5. The monoisotopic (exact) mass is 574 g/mol. The minimum atomic E-state index is -1.56. The third kappa shape index (κ3) is 7.89. The van der Waals surface area contributed by atoms with E-state index in [0.717, 1.165) is 22.3 Å². The van der Waals surface area contributed by atoms with Crippen LogP contribution in [-0.4, -0.2) is 56.7 Å². The van der Waals surface area contributed by atoms with Crippen LogP contribution in [0.25, 0.3) is 0 Å². The number of aryl methyl sites for hydroxylation is 1. The van der Waals surface area contributed by atoms with Crippen molar-refractivity contribution in [3.05, 3.63) is 107 Å². The standard InChI is InChI=1S/C32H38N4O4S/c1-22-12-10-11-17-25(22)20-33-29(38)28-32(2,3)41-21-36(28)30(39)27(37)26(18-23-13-6-4-7-14-23)35-31(40)34-19-24-15-8-5-9-16-24/h4-17,26-28,37H,18-21H2,1-3H3,(H,33,38)(H2,34,35,40)/t26?,27?,28-/m1/s1. The average molecular weight is 575 g/mol. The molecule has 2 unspecified atom stereocenters. The van der Waals surface area contributed by atoms with E-state index in [9.17, 15) is 19.5 Å². The van der Waals surface area contributed by atoms with E-state index in [1.54, 1.807) is 0 Å². The number of thioether (sulfide) groups is 1. The summed E-state index contributed by atoms with van der Waals surface area (Å²) in [7, 11) is 0. The Bertz CT molecular complexity index is 1340. The third-order valence-electron chi connectivity index (χ3n) is 7.34. The highest BCUT2D eigenvalue weighted by atomic mass is 32.2. The molecule has 0 spiro atoms. The normalized spacial score (nSPS) is 17.4. The van der Waals surface area contributed by atoms with E-state index in [2.05, 4.69) is 16.0 Å². The van der Waals surface area contributed by atoms with Crippen LogP contribution in [0.2, 0.25) is 0 Å². The molecule has 4 amide bonds. The summed E-state index contributed by atoms with van der Waals surface area (Å²) in [4.78, 5) is 41.5. The van der Waals surface area contributed by atoms with Crippen molar-refractivity contribution in [1.82, 2.24) is 20.9 Å². The summed E-state index contributed by atoms with van der Waals surface area (Å²) in [5.74, 6) is -0.621. The summed E-state index contributed by atoms with van der Waals surface area (Å²) in [6.45, 7) is 6.47. The van der Waals surface area contributed by atoms with Crippen molar-refractivity contribution in [3.8, 4) is 0 Å². The SMILES string of the molecule is Cc1ccccc1CNC(=O)[C@H]1N(C(=O)C(O)C(Cc2ccccc2)NC(=O)NCc2ccccc2)CSC1(C)C. The molecule has 3 atom stereocenters. The molecule has 9 heteroatoms. The summed E-state index contributed by atoms with van der Waals surface area (Å²) < 4.78 is -0.569. The highest BCUT2D eigenvalue weighted by Crippen LogP contribution is 2.40. The topological polar surface area (TPSA) is 111 Å². The highest BCUT2D eigenvalue weighted by Gasteiger charge is 2.49. The predicted octanol–water partition coefficient (Wildman–Crippen LogP) is 3.76. The van der Waals surface area contributed by atoms with E-state index in [-0.39, 0.29) is 18.2 Å². The van der Waals surface area contributed by atoms with Gasteiger partial charge in [-0.2, -0.15) is 0 Å². The molecule has 0 saturated carbocycles. The van der Waals surface area contributed by atoms with Gasteiger partial charge in [0.05, 0.1) is 11.9 Å². The highest BCUT2D eigenvalue weighted by molar-refractivity contribution is 8.00. The first kappa shape index (κ1) is 30.1. The molecule has 1 heterocycles. The minimum absolute atomic E-state index is 0.237. The Morgan fingerprint density at radius 2 is 1.51 bits per heavy atom. The smallest absolute Gasteiger partial charge is 0.315 e. The number of hydrogen-bond acceptors (Lipinski definition) is 5. The molecule has 0 aliphatic carbocycles. The fourth-order valence-corrected chi connectivity index (χ4v) is 6.09. The van der Waals surface area contributed by atoms with E-state index in [1.165, 1.54) is 16.7 Å². The van der Waals surface area contributed by atoms with E-state index in [4.69, 9.17) is 0 Å². The maximum Gasteiger partial charge on any atom is 0.315 e. The molecule has 4 rings (SSSR count). The number of benzene rings is 3. The first-order chi connectivity index (χ1) is 19.7. The Morgan fingerprint density at radius 3 is 2.17 bits per heavy atom. The van der Waals surface area contributed by atoms with Gasteiger partial charge in [0, 0.05) is 17.8 Å². The lowest BCUT2D eigenvalue weighted by molar-refractivity contribution is -0.147. The van der Waals surface area contributed by atoms with Gasteiger partial charge in [-0.3, -0.25) is 9.59 Å². The fraction of sp³-hybridized carbons (Fsp3) is 0.344. The van der Waals surface area contributed by atoms with Crippen molar-refractivity contribution < 1.29 is 19.5 Å². The summed E-state index contributed by atoms with van der Waals surface area (Å²) >= 11 is 1.48. The zero-order chi connectivity index (χ0) is 29.4. The molecule has 8 nitrogen and oxygen atoms in total. The minimum Gasteiger partial charge on any atom is -0.381 e. The molecular weight excluding hydrogens is 536 g/mol. The predicted molar refractivity (Wildman–Crippen MR) is 162 cm³/mol. The van der Waals surface area contributed by atoms with Crippen molar-refractivity contribution in [3.63, 3.8) is 0 Å². The number of nitrogens with zero attached hydrogens (tertiary/aromatic N) is 1. The van der Waals surface area contributed by atoms with Gasteiger partial charge in [0.2, 0.25) is 5.91 Å². The maximum absolute atomic E-state index is 13.8. The second-order valence-corrected chi connectivity index (χ2v) is 12.4. The molecule has 3 aromatic carbocycles. The number of carbonyl (C=O) groups excluding carboxylic acids is 3. The van der Waals surface area contributed by atoms with Crippen molar-refractivity contribution in [2.45, 2.75) is 63.2 Å². The molecule has 216 valence electrons. The fourth-order valence-electron chi connectivity index (χ4n) is 4.95. The Kier molecular flexibility index (Phi) is 10.1. The van der Waals surface area contributed by atoms with Crippen molar-refractivity contribution in [1.29, 1.82) is 0 Å². The summed E-state index contributed by atoms with van der Waals surface area (Å²) in [5.41, 5.74) is 3.85. The second kappa shape index (κ2) is 13.7. The van der Waals surface area contributed by atoms with Gasteiger partial charge >= 0.3 is 6.03 Å². The van der Waals surface area contributed by atoms with Crippen LogP contribution >= 0.6 is 11.8 Å². The van der Waals surface area contributed by atoms with Gasteiger partial charge < -0.3 is 26.0 Å². The number of rotatable bonds is 10. The van der Waals surface area contributed by atoms with Gasteiger partial charge in [0.15, 0.2) is 6.10 Å². The van der Waals surface area contributed by atoms with Crippen LogP contribution in [0.15, 0.2) is 84.9 Å². The lowest BCUT2D eigenvalue weighted by Crippen LogP contribution is -2.59. The Balaban J connectivity index is 1.48. The Labute approximate surface area is 245 Å². The van der Waals surface area contributed by atoms with Crippen LogP contribution in [0.1, 0.15) is 36.1 Å². The molecule has 1 fully saturated rings. The first-order valence-corrected chi connectivity index (χ1v) is 14.7. The Morgan fingerprint density at radius 1 is 0.902 bits per heavy atom. The molecule has 4 N–H and O–H groups in total. The van der Waals surface area contributed by atoms with Crippen LogP contribution in [0.4, 0.5) is 4.79 Å². The van der Waals surface area contributed by atoms with Gasteiger partial charge in [-0.05, 0) is 49.4 Å². The molecule has 1 saturated heterocycles. The van der Waals surface area contributed by atoms with E-state index >= 15 is 0 Å². The van der Waals surface area contributed by atoms with Gasteiger partial charge in [-0.1, -0.05) is 84.9 Å². The number of aliphatic hydroxyl groups excluding tert-OH is 1. The molecule has 41 heavy (non-hydrogen) atoms. The lowest BCUT2D eigenvalue weighted by atomic mass is 9.97. The average Bonchev–Trinajstić information content (AvgIpc) is 3.30. The number of aliphatic hydroxyl groups is 1. The molecule has 3 aromatic rings. The number of carbonyl (C=O) groups is 3. The van der Waals surface area contributed by atoms with Crippen molar-refractivity contribution in [2.75, 3.05) is 5.88 Å². The summed E-state index contributed by atoms with van der Waals surface area (Å²) in [6.07, 6.45) is -1.32. The largest absolute Gasteiger partial charge is 0.381 e. The third-order valence-corrected chi connectivity index (χ3v) is 8.71. The molecule has 1 aliphatic heterocycles. The number of urea groups is 1. The van der Waals surface area contributed by atoms with E-state index < -0.39 is 34.9 Å². The zero-order valence-electron chi connectivity index (χ0n) is 23.7. The summed E-state index contributed by atoms with van der Waals surface area (Å²) in [6, 6.07) is 24.5. The van der Waals surface area contributed by atoms with Crippen LogP contribution in [0.3, 0.4) is 0 Å². The molecule has 1 aliphatic rings. The van der Waals surface area contributed by atoms with Gasteiger partial charge in [-0.25, -0.2) is 4.79 Å². The van der Waals surface area contributed by atoms with Gasteiger partial charge in [-0.15, -0.1) is 11.8 Å². The van der Waals surface area contributed by atoms with Crippen LogP contribution in [0, 0.1) is 6.92 Å². The van der Waals surface area contributed by atoms with Crippen LogP contribution in [-0.2, 0) is 29.1 Å². The number of amides is 4. The van der Waals surface area contributed by atoms with E-state index in [0.29, 0.717) is 13.1 Å². The number of nitrogens with one attached hydrogen (secondary N) is 3. The molecule has 0 aromatic heterocycles. The second-order valence-electron chi connectivity index (χ2n) is 10.8. The van der Waals surface area contributed by atoms with Crippen LogP contribution < -0.4 is 16.0 Å². The van der Waals surface area contributed by atoms with E-state index in [1.807, 2.05) is 106 Å². The van der Waals surface area contributed by atoms with Crippen molar-refractivity contribution >= 4 is 29.6 Å². The molecule has 0 radical (unpaired) electrons. The van der Waals surface area contributed by atoms with Gasteiger partial charge in [0.25, 0.3) is 5.91 Å². The van der Waals surface area contributed by atoms with Gasteiger partial charge in [0.1, 0.15) is 6.04 Å². The first-order valence-electron chi connectivity index (χ1n) is 13.7. The molecule has 0 bridgehead atoms. The Hall–Kier alpha value is -3.82. The number of hydrogen-bond donors (Lipinski definition) is 4. The van der Waals surface area contributed by atoms with Crippen molar-refractivity contribution in [2.24, 2.45) is 0 Å². The lowest BCUT2D eigenvalue weighted by Gasteiger charge is -2.33. The maximum atomic E-state index is 13.8. The summed E-state index contributed by atoms with van der Waals surface area (Å²) in [5, 5.41) is 20.0. The van der Waals surface area contributed by atoms with Crippen LogP contribution in [0.5, 0.6) is 0 Å². The quantitative estimate of drug-likeness (QED) is 0.295. The molecular formula is C32H38N4O4S.